The van der Waals surface area contributed by atoms with Crippen molar-refractivity contribution in [3.05, 3.63) is 29.3 Å². The molecule has 0 aliphatic carbocycles. The molecule has 0 saturated carbocycles. The molecule has 0 saturated heterocycles. The van der Waals surface area contributed by atoms with E-state index in [2.05, 4.69) is 5.32 Å². The number of likely N-dealkylation sites (N-methyl/N-ethyl adjacent to an activating group) is 1. The maximum Gasteiger partial charge on any atom is 0.313 e. The first-order valence-electron chi connectivity index (χ1n) is 6.28. The first-order valence-corrected chi connectivity index (χ1v) is 6.28. The van der Waals surface area contributed by atoms with Crippen molar-refractivity contribution in [3.8, 4) is 0 Å². The van der Waals surface area contributed by atoms with Crippen LogP contribution in [0.25, 0.3) is 0 Å². The summed E-state index contributed by atoms with van der Waals surface area (Å²) in [5.74, 6) is -1.30. The molecule has 0 atom stereocenters. The lowest BCUT2D eigenvalue weighted by molar-refractivity contribution is -0.143. The third-order valence-electron chi connectivity index (χ3n) is 2.87. The minimum absolute atomic E-state index is 0.156. The number of aliphatic hydroxyl groups excluding tert-OH is 1. The number of rotatable bonds is 4. The Kier molecular flexibility index (Phi) is 5.51. The van der Waals surface area contributed by atoms with Crippen molar-refractivity contribution in [2.45, 2.75) is 20.8 Å². The van der Waals surface area contributed by atoms with Gasteiger partial charge in [0, 0.05) is 18.8 Å². The quantitative estimate of drug-likeness (QED) is 0.800. The van der Waals surface area contributed by atoms with Crippen LogP contribution in [0, 0.1) is 13.8 Å². The number of aliphatic hydroxyl groups is 1. The molecule has 0 fully saturated rings. The first-order chi connectivity index (χ1) is 8.99. The van der Waals surface area contributed by atoms with E-state index >= 15 is 0 Å². The molecule has 0 aliphatic rings. The predicted molar refractivity (Wildman–Crippen MR) is 73.9 cm³/mol. The molecule has 1 rings (SSSR count). The van der Waals surface area contributed by atoms with Gasteiger partial charge in [0.25, 0.3) is 0 Å². The monoisotopic (exact) mass is 264 g/mol. The Morgan fingerprint density at radius 2 is 2.00 bits per heavy atom. The second kappa shape index (κ2) is 6.89. The standard InChI is InChI=1S/C14H20N2O3/c1-4-16(7-8-17)14(19)13(18)15-12-9-10(2)5-6-11(12)3/h5-6,9,17H,4,7-8H2,1-3H3,(H,15,18). The summed E-state index contributed by atoms with van der Waals surface area (Å²) in [6.45, 7) is 5.94. The highest BCUT2D eigenvalue weighted by molar-refractivity contribution is 6.39. The topological polar surface area (TPSA) is 69.6 Å². The molecule has 0 heterocycles. The van der Waals surface area contributed by atoms with Crippen LogP contribution in [0.4, 0.5) is 5.69 Å². The number of carbonyl (C=O) groups excluding carboxylic acids is 2. The molecular weight excluding hydrogens is 244 g/mol. The number of nitrogens with zero attached hydrogens (tertiary/aromatic N) is 1. The summed E-state index contributed by atoms with van der Waals surface area (Å²) in [7, 11) is 0. The normalized spacial score (nSPS) is 10.1. The molecule has 5 nitrogen and oxygen atoms in total. The molecule has 2 N–H and O–H groups in total. The number of amides is 2. The van der Waals surface area contributed by atoms with Gasteiger partial charge in [-0.3, -0.25) is 9.59 Å². The van der Waals surface area contributed by atoms with E-state index in [1.807, 2.05) is 32.0 Å². The summed E-state index contributed by atoms with van der Waals surface area (Å²) in [4.78, 5) is 25.0. The fraction of sp³-hybridized carbons (Fsp3) is 0.429. The minimum Gasteiger partial charge on any atom is -0.395 e. The van der Waals surface area contributed by atoms with Gasteiger partial charge in [0.15, 0.2) is 0 Å². The van der Waals surface area contributed by atoms with Crippen LogP contribution in [0.15, 0.2) is 18.2 Å². The summed E-state index contributed by atoms with van der Waals surface area (Å²) in [6, 6.07) is 5.65. The molecule has 5 heteroatoms. The van der Waals surface area contributed by atoms with Crippen molar-refractivity contribution in [2.24, 2.45) is 0 Å². The van der Waals surface area contributed by atoms with E-state index in [0.717, 1.165) is 11.1 Å². The van der Waals surface area contributed by atoms with Crippen LogP contribution in [0.2, 0.25) is 0 Å². The number of nitrogens with one attached hydrogen (secondary N) is 1. The van der Waals surface area contributed by atoms with Gasteiger partial charge in [0.05, 0.1) is 6.61 Å². The molecule has 0 bridgehead atoms. The highest BCUT2D eigenvalue weighted by Crippen LogP contribution is 2.16. The predicted octanol–water partition coefficient (Wildman–Crippen LogP) is 1.08. The van der Waals surface area contributed by atoms with Gasteiger partial charge < -0.3 is 15.3 Å². The first kappa shape index (κ1) is 15.2. The minimum atomic E-state index is -0.677. The van der Waals surface area contributed by atoms with Crippen LogP contribution >= 0.6 is 0 Å². The molecular formula is C14H20N2O3. The van der Waals surface area contributed by atoms with Gasteiger partial charge in [-0.2, -0.15) is 0 Å². The van der Waals surface area contributed by atoms with Gasteiger partial charge in [0.2, 0.25) is 0 Å². The number of aryl methyl sites for hydroxylation is 2. The fourth-order valence-corrected chi connectivity index (χ4v) is 1.71. The molecule has 0 aromatic heterocycles. The molecule has 19 heavy (non-hydrogen) atoms. The summed E-state index contributed by atoms with van der Waals surface area (Å²) < 4.78 is 0. The molecule has 2 amide bonds. The van der Waals surface area contributed by atoms with Crippen LogP contribution in [-0.2, 0) is 9.59 Å². The molecule has 0 unspecified atom stereocenters. The fourth-order valence-electron chi connectivity index (χ4n) is 1.71. The number of carbonyl (C=O) groups is 2. The zero-order valence-electron chi connectivity index (χ0n) is 11.6. The van der Waals surface area contributed by atoms with E-state index in [4.69, 9.17) is 5.11 Å². The Morgan fingerprint density at radius 1 is 1.32 bits per heavy atom. The lowest BCUT2D eigenvalue weighted by Gasteiger charge is -2.19. The van der Waals surface area contributed by atoms with E-state index in [1.54, 1.807) is 6.92 Å². The number of anilines is 1. The van der Waals surface area contributed by atoms with E-state index in [9.17, 15) is 9.59 Å². The molecule has 0 aliphatic heterocycles. The van der Waals surface area contributed by atoms with E-state index in [0.29, 0.717) is 12.2 Å². The molecule has 0 radical (unpaired) electrons. The average molecular weight is 264 g/mol. The number of benzene rings is 1. The van der Waals surface area contributed by atoms with Crippen molar-refractivity contribution in [2.75, 3.05) is 25.0 Å². The zero-order valence-corrected chi connectivity index (χ0v) is 11.6. The van der Waals surface area contributed by atoms with Gasteiger partial charge in [-0.25, -0.2) is 0 Å². The SMILES string of the molecule is CCN(CCO)C(=O)C(=O)Nc1cc(C)ccc1C. The van der Waals surface area contributed by atoms with E-state index < -0.39 is 11.8 Å². The number of hydrogen-bond acceptors (Lipinski definition) is 3. The maximum atomic E-state index is 11.9. The van der Waals surface area contributed by atoms with E-state index in [1.165, 1.54) is 4.90 Å². The summed E-state index contributed by atoms with van der Waals surface area (Å²) in [5.41, 5.74) is 2.55. The van der Waals surface area contributed by atoms with Gasteiger partial charge >= 0.3 is 11.8 Å². The van der Waals surface area contributed by atoms with Crippen LogP contribution in [-0.4, -0.2) is 41.5 Å². The van der Waals surface area contributed by atoms with Crippen LogP contribution in [0.1, 0.15) is 18.1 Å². The van der Waals surface area contributed by atoms with Crippen molar-refractivity contribution < 1.29 is 14.7 Å². The number of hydrogen-bond donors (Lipinski definition) is 2. The highest BCUT2D eigenvalue weighted by atomic mass is 16.3. The zero-order chi connectivity index (χ0) is 14.4. The van der Waals surface area contributed by atoms with Crippen LogP contribution in [0.5, 0.6) is 0 Å². The smallest absolute Gasteiger partial charge is 0.313 e. The van der Waals surface area contributed by atoms with Crippen molar-refractivity contribution in [1.29, 1.82) is 0 Å². The lowest BCUT2D eigenvalue weighted by atomic mass is 10.1. The Bertz CT molecular complexity index is 472. The molecule has 1 aromatic carbocycles. The third-order valence-corrected chi connectivity index (χ3v) is 2.87. The van der Waals surface area contributed by atoms with Crippen LogP contribution < -0.4 is 5.32 Å². The summed E-state index contributed by atoms with van der Waals surface area (Å²) in [5, 5.41) is 11.5. The van der Waals surface area contributed by atoms with E-state index in [-0.39, 0.29) is 13.2 Å². The second-order valence-corrected chi connectivity index (χ2v) is 4.38. The van der Waals surface area contributed by atoms with Gasteiger partial charge in [-0.1, -0.05) is 12.1 Å². The maximum absolute atomic E-state index is 11.9. The Hall–Kier alpha value is -1.88. The molecule has 104 valence electrons. The summed E-state index contributed by atoms with van der Waals surface area (Å²) in [6.07, 6.45) is 0. The van der Waals surface area contributed by atoms with Crippen molar-refractivity contribution >= 4 is 17.5 Å². The third kappa shape index (κ3) is 4.06. The van der Waals surface area contributed by atoms with Gasteiger partial charge in [-0.15, -0.1) is 0 Å². The Morgan fingerprint density at radius 3 is 2.58 bits per heavy atom. The van der Waals surface area contributed by atoms with Crippen LogP contribution in [0.3, 0.4) is 0 Å². The molecule has 1 aromatic rings. The Balaban J connectivity index is 2.78. The lowest BCUT2D eigenvalue weighted by Crippen LogP contribution is -2.41. The van der Waals surface area contributed by atoms with Gasteiger partial charge in [0.1, 0.15) is 0 Å². The van der Waals surface area contributed by atoms with Crippen molar-refractivity contribution in [1.82, 2.24) is 4.90 Å². The average Bonchev–Trinajstić information content (AvgIpc) is 2.39. The largest absolute Gasteiger partial charge is 0.395 e. The Labute approximate surface area is 113 Å². The highest BCUT2D eigenvalue weighted by Gasteiger charge is 2.20. The van der Waals surface area contributed by atoms with Crippen molar-refractivity contribution in [3.63, 3.8) is 0 Å². The van der Waals surface area contributed by atoms with Gasteiger partial charge in [-0.05, 0) is 38.0 Å². The molecule has 0 spiro atoms. The summed E-state index contributed by atoms with van der Waals surface area (Å²) >= 11 is 0. The second-order valence-electron chi connectivity index (χ2n) is 4.38.